The molecule has 0 spiro atoms. The lowest BCUT2D eigenvalue weighted by Crippen LogP contribution is -2.42. The van der Waals surface area contributed by atoms with Crippen molar-refractivity contribution in [2.24, 2.45) is 0 Å². The highest BCUT2D eigenvalue weighted by atomic mass is 35.5. The summed E-state index contributed by atoms with van der Waals surface area (Å²) in [4.78, 5) is 0. The normalized spacial score (nSPS) is 25.6. The highest BCUT2D eigenvalue weighted by Gasteiger charge is 2.38. The third-order valence-electron chi connectivity index (χ3n) is 3.12. The molecule has 0 saturated carbocycles. The number of sulfone groups is 1. The van der Waals surface area contributed by atoms with Crippen LogP contribution in [0.2, 0.25) is 0 Å². The van der Waals surface area contributed by atoms with Crippen LogP contribution < -0.4 is 4.72 Å². The van der Waals surface area contributed by atoms with Gasteiger partial charge in [0.15, 0.2) is 9.84 Å². The first kappa shape index (κ1) is 15.8. The van der Waals surface area contributed by atoms with Gasteiger partial charge in [0.25, 0.3) is 0 Å². The second kappa shape index (κ2) is 6.01. The lowest BCUT2D eigenvalue weighted by atomic mass is 10.2. The molecule has 1 heterocycles. The zero-order valence-corrected chi connectivity index (χ0v) is 13.1. The van der Waals surface area contributed by atoms with Gasteiger partial charge in [0.1, 0.15) is 0 Å². The fraction of sp³-hybridized carbons (Fsp3) is 0.500. The highest BCUT2D eigenvalue weighted by molar-refractivity contribution is 7.92. The van der Waals surface area contributed by atoms with Crippen LogP contribution in [0.25, 0.3) is 0 Å². The van der Waals surface area contributed by atoms with E-state index >= 15 is 0 Å². The molecule has 5 nitrogen and oxygen atoms in total. The first-order chi connectivity index (χ1) is 9.27. The smallest absolute Gasteiger partial charge is 0.212 e. The van der Waals surface area contributed by atoms with Crippen molar-refractivity contribution in [1.82, 2.24) is 4.72 Å². The largest absolute Gasteiger partial charge is 0.229 e. The molecule has 1 aliphatic rings. The summed E-state index contributed by atoms with van der Waals surface area (Å²) >= 11 is 5.88. The maximum atomic E-state index is 12.0. The van der Waals surface area contributed by atoms with E-state index in [2.05, 4.69) is 4.72 Å². The Balaban J connectivity index is 1.95. The van der Waals surface area contributed by atoms with Crippen LogP contribution in [-0.2, 0) is 26.3 Å². The van der Waals surface area contributed by atoms with E-state index in [1.165, 1.54) is 0 Å². The molecular weight excluding hydrogens is 322 g/mol. The Morgan fingerprint density at radius 2 is 1.85 bits per heavy atom. The lowest BCUT2D eigenvalue weighted by molar-refractivity contribution is 0.563. The Morgan fingerprint density at radius 1 is 1.20 bits per heavy atom. The molecule has 2 unspecified atom stereocenters. The van der Waals surface area contributed by atoms with E-state index in [-0.39, 0.29) is 17.3 Å². The van der Waals surface area contributed by atoms with E-state index in [4.69, 9.17) is 11.6 Å². The molecule has 1 saturated heterocycles. The molecule has 2 rings (SSSR count). The average molecular weight is 338 g/mol. The van der Waals surface area contributed by atoms with Crippen molar-refractivity contribution in [1.29, 1.82) is 0 Å². The van der Waals surface area contributed by atoms with Gasteiger partial charge in [0.05, 0.1) is 28.7 Å². The van der Waals surface area contributed by atoms with Crippen LogP contribution in [0.15, 0.2) is 30.3 Å². The number of nitrogens with one attached hydrogen (secondary N) is 1. The molecule has 0 bridgehead atoms. The second-order valence-electron chi connectivity index (χ2n) is 4.87. The molecule has 112 valence electrons. The zero-order valence-electron chi connectivity index (χ0n) is 10.7. The Morgan fingerprint density at radius 3 is 2.40 bits per heavy atom. The van der Waals surface area contributed by atoms with Gasteiger partial charge >= 0.3 is 0 Å². The van der Waals surface area contributed by atoms with Crippen LogP contribution in [-0.4, -0.2) is 45.5 Å². The number of benzene rings is 1. The standard InChI is InChI=1S/C12H16ClNO4S2/c13-11-8-19(15,16)9-12(11)14-20(17,18)7-6-10-4-2-1-3-5-10/h1-5,11-12,14H,6-9H2. The summed E-state index contributed by atoms with van der Waals surface area (Å²) in [5, 5.41) is -0.702. The van der Waals surface area contributed by atoms with E-state index in [1.807, 2.05) is 30.3 Å². The van der Waals surface area contributed by atoms with Crippen molar-refractivity contribution in [2.45, 2.75) is 17.8 Å². The minimum Gasteiger partial charge on any atom is -0.229 e. The number of rotatable bonds is 5. The van der Waals surface area contributed by atoms with Crippen LogP contribution in [0, 0.1) is 0 Å². The average Bonchev–Trinajstić information content (AvgIpc) is 2.60. The van der Waals surface area contributed by atoms with Gasteiger partial charge in [0, 0.05) is 0 Å². The Hall–Kier alpha value is -0.630. The molecule has 1 aliphatic heterocycles. The van der Waals surface area contributed by atoms with Crippen LogP contribution in [0.1, 0.15) is 5.56 Å². The van der Waals surface area contributed by atoms with Gasteiger partial charge < -0.3 is 0 Å². The van der Waals surface area contributed by atoms with Gasteiger partial charge in [0.2, 0.25) is 10.0 Å². The van der Waals surface area contributed by atoms with Crippen LogP contribution >= 0.6 is 11.6 Å². The van der Waals surface area contributed by atoms with Crippen molar-refractivity contribution >= 4 is 31.5 Å². The number of aryl methyl sites for hydroxylation is 1. The fourth-order valence-corrected chi connectivity index (χ4v) is 6.16. The first-order valence-corrected chi connectivity index (χ1v) is 10.1. The number of sulfonamides is 1. The minimum atomic E-state index is -3.55. The molecule has 1 fully saturated rings. The molecule has 1 N–H and O–H groups in total. The van der Waals surface area contributed by atoms with Crippen LogP contribution in [0.3, 0.4) is 0 Å². The Kier molecular flexibility index (Phi) is 4.73. The fourth-order valence-electron chi connectivity index (χ4n) is 2.10. The number of alkyl halides is 1. The summed E-state index contributed by atoms with van der Waals surface area (Å²) in [6, 6.07) is 8.50. The monoisotopic (exact) mass is 337 g/mol. The predicted molar refractivity (Wildman–Crippen MR) is 79.2 cm³/mol. The van der Waals surface area contributed by atoms with E-state index in [1.54, 1.807) is 0 Å². The van der Waals surface area contributed by atoms with Gasteiger partial charge in [-0.1, -0.05) is 30.3 Å². The maximum Gasteiger partial charge on any atom is 0.212 e. The lowest BCUT2D eigenvalue weighted by Gasteiger charge is -2.14. The summed E-state index contributed by atoms with van der Waals surface area (Å²) in [6.45, 7) is 0. The third-order valence-corrected chi connectivity index (χ3v) is 6.90. The van der Waals surface area contributed by atoms with Crippen LogP contribution in [0.5, 0.6) is 0 Å². The minimum absolute atomic E-state index is 0.0861. The molecule has 0 radical (unpaired) electrons. The second-order valence-corrected chi connectivity index (χ2v) is 9.46. The van der Waals surface area contributed by atoms with Crippen LogP contribution in [0.4, 0.5) is 0 Å². The van der Waals surface area contributed by atoms with Crippen molar-refractivity contribution in [3.63, 3.8) is 0 Å². The molecule has 1 aromatic carbocycles. The molecule has 20 heavy (non-hydrogen) atoms. The molecule has 2 atom stereocenters. The summed E-state index contributed by atoms with van der Waals surface area (Å²) in [6.07, 6.45) is 0.378. The van der Waals surface area contributed by atoms with E-state index < -0.39 is 31.3 Å². The number of halogens is 1. The van der Waals surface area contributed by atoms with Crippen molar-refractivity contribution in [2.75, 3.05) is 17.3 Å². The van der Waals surface area contributed by atoms with Gasteiger partial charge in [-0.15, -0.1) is 11.6 Å². The zero-order chi connectivity index (χ0) is 14.8. The summed E-state index contributed by atoms with van der Waals surface area (Å²) in [5.41, 5.74) is 0.916. The van der Waals surface area contributed by atoms with Gasteiger partial charge in [-0.05, 0) is 12.0 Å². The van der Waals surface area contributed by atoms with Gasteiger partial charge in [-0.25, -0.2) is 21.6 Å². The van der Waals surface area contributed by atoms with Crippen molar-refractivity contribution in [3.05, 3.63) is 35.9 Å². The highest BCUT2D eigenvalue weighted by Crippen LogP contribution is 2.18. The van der Waals surface area contributed by atoms with Crippen molar-refractivity contribution in [3.8, 4) is 0 Å². The molecule has 1 aromatic rings. The molecule has 0 amide bonds. The van der Waals surface area contributed by atoms with Crippen molar-refractivity contribution < 1.29 is 16.8 Å². The Bertz CT molecular complexity index is 658. The van der Waals surface area contributed by atoms with Gasteiger partial charge in [-0.2, -0.15) is 0 Å². The molecule has 0 aliphatic carbocycles. The van der Waals surface area contributed by atoms with E-state index in [9.17, 15) is 16.8 Å². The third kappa shape index (κ3) is 4.44. The topological polar surface area (TPSA) is 80.3 Å². The molecule has 8 heteroatoms. The van der Waals surface area contributed by atoms with Gasteiger partial charge in [-0.3, -0.25) is 0 Å². The predicted octanol–water partition coefficient (Wildman–Crippen LogP) is 0.553. The number of hydrogen-bond acceptors (Lipinski definition) is 4. The van der Waals surface area contributed by atoms with E-state index in [0.29, 0.717) is 6.42 Å². The van der Waals surface area contributed by atoms with E-state index in [0.717, 1.165) is 5.56 Å². The summed E-state index contributed by atoms with van der Waals surface area (Å²) < 4.78 is 49.1. The number of hydrogen-bond donors (Lipinski definition) is 1. The quantitative estimate of drug-likeness (QED) is 0.796. The first-order valence-electron chi connectivity index (χ1n) is 6.16. The Labute approximate surface area is 124 Å². The SMILES string of the molecule is O=S1(=O)CC(Cl)C(NS(=O)(=O)CCc2ccccc2)C1. The summed E-state index contributed by atoms with van der Waals surface area (Å²) in [5.74, 6) is -0.497. The maximum absolute atomic E-state index is 12.0. The molecular formula is C12H16ClNO4S2. The summed E-state index contributed by atoms with van der Waals surface area (Å²) in [7, 11) is -6.79. The molecule has 0 aromatic heterocycles.